The van der Waals surface area contributed by atoms with Crippen molar-refractivity contribution < 1.29 is 22.8 Å². The zero-order valence-electron chi connectivity index (χ0n) is 16.3. The Morgan fingerprint density at radius 2 is 1.74 bits per heavy atom. The predicted molar refractivity (Wildman–Crippen MR) is 115 cm³/mol. The number of para-hydroxylation sites is 1. The van der Waals surface area contributed by atoms with Crippen LogP contribution in [0.5, 0.6) is 0 Å². The van der Waals surface area contributed by atoms with E-state index in [0.29, 0.717) is 11.4 Å². The van der Waals surface area contributed by atoms with Crippen LogP contribution in [0.2, 0.25) is 0 Å². The molecule has 0 unspecified atom stereocenters. The molecule has 2 aromatic carbocycles. The van der Waals surface area contributed by atoms with E-state index in [1.807, 2.05) is 13.0 Å². The van der Waals surface area contributed by atoms with E-state index in [-0.39, 0.29) is 37.3 Å². The number of fused-ring (bicyclic) bond motifs is 1. The Morgan fingerprint density at radius 1 is 1.10 bits per heavy atom. The fraction of sp³-hybridized carbons (Fsp3) is 0.190. The third-order valence-electron chi connectivity index (χ3n) is 4.89. The molecule has 162 valence electrons. The summed E-state index contributed by atoms with van der Waals surface area (Å²) in [6.45, 7) is 2.04. The van der Waals surface area contributed by atoms with Crippen LogP contribution in [0.25, 0.3) is 0 Å². The highest BCUT2D eigenvalue weighted by Crippen LogP contribution is 2.33. The summed E-state index contributed by atoms with van der Waals surface area (Å²) >= 11 is 0. The SMILES string of the molecule is C[C@H]1CN(c2ccc(C(F)(F)F)cc2)C(=O)c2c(C(=O)Nc3ccccc3)cnn21.S. The molecule has 3 aromatic rings. The molecule has 4 rings (SSSR count). The zero-order valence-corrected chi connectivity index (χ0v) is 17.3. The highest BCUT2D eigenvalue weighted by molar-refractivity contribution is 7.59. The molecule has 0 fully saturated rings. The average Bonchev–Trinajstić information content (AvgIpc) is 3.17. The third-order valence-corrected chi connectivity index (χ3v) is 4.89. The van der Waals surface area contributed by atoms with Crippen LogP contribution in [0.3, 0.4) is 0 Å². The number of nitrogens with zero attached hydrogens (tertiary/aromatic N) is 3. The normalized spacial score (nSPS) is 15.8. The molecule has 1 aliphatic heterocycles. The lowest BCUT2D eigenvalue weighted by molar-refractivity contribution is -0.137. The lowest BCUT2D eigenvalue weighted by Crippen LogP contribution is -2.43. The molecule has 1 aliphatic rings. The van der Waals surface area contributed by atoms with Crippen molar-refractivity contribution in [3.8, 4) is 0 Å². The van der Waals surface area contributed by atoms with Gasteiger partial charge in [-0.2, -0.15) is 31.8 Å². The van der Waals surface area contributed by atoms with Crippen LogP contribution in [0, 0.1) is 0 Å². The minimum Gasteiger partial charge on any atom is -0.322 e. The van der Waals surface area contributed by atoms with Gasteiger partial charge < -0.3 is 10.2 Å². The number of carbonyl (C=O) groups excluding carboxylic acids is 2. The summed E-state index contributed by atoms with van der Waals surface area (Å²) in [6, 6.07) is 12.9. The molecule has 1 N–H and O–H groups in total. The van der Waals surface area contributed by atoms with Crippen molar-refractivity contribution in [3.05, 3.63) is 77.6 Å². The molecular formula is C21H19F3N4O2S. The number of nitrogens with one attached hydrogen (secondary N) is 1. The first kappa shape index (κ1) is 22.4. The predicted octanol–water partition coefficient (Wildman–Crippen LogP) is 4.49. The monoisotopic (exact) mass is 448 g/mol. The van der Waals surface area contributed by atoms with Crippen molar-refractivity contribution in [1.82, 2.24) is 9.78 Å². The molecular weight excluding hydrogens is 429 g/mol. The smallest absolute Gasteiger partial charge is 0.322 e. The molecule has 0 saturated carbocycles. The number of anilines is 2. The van der Waals surface area contributed by atoms with Gasteiger partial charge in [-0.3, -0.25) is 14.3 Å². The second kappa shape index (κ2) is 8.46. The summed E-state index contributed by atoms with van der Waals surface area (Å²) in [4.78, 5) is 27.2. The molecule has 2 heterocycles. The Kier molecular flexibility index (Phi) is 6.12. The Balaban J connectivity index is 0.00000272. The van der Waals surface area contributed by atoms with E-state index >= 15 is 0 Å². The van der Waals surface area contributed by atoms with E-state index < -0.39 is 23.6 Å². The van der Waals surface area contributed by atoms with Crippen molar-refractivity contribution in [2.75, 3.05) is 16.8 Å². The van der Waals surface area contributed by atoms with Gasteiger partial charge in [0.15, 0.2) is 0 Å². The molecule has 1 aromatic heterocycles. The van der Waals surface area contributed by atoms with Gasteiger partial charge >= 0.3 is 6.18 Å². The Morgan fingerprint density at radius 3 is 2.35 bits per heavy atom. The average molecular weight is 448 g/mol. The molecule has 0 radical (unpaired) electrons. The number of benzene rings is 2. The highest BCUT2D eigenvalue weighted by atomic mass is 32.1. The zero-order chi connectivity index (χ0) is 21.5. The summed E-state index contributed by atoms with van der Waals surface area (Å²) in [5, 5.41) is 6.91. The lowest BCUT2D eigenvalue weighted by Gasteiger charge is -2.32. The number of rotatable bonds is 3. The van der Waals surface area contributed by atoms with Gasteiger partial charge in [0.25, 0.3) is 11.8 Å². The quantitative estimate of drug-likeness (QED) is 0.642. The minimum absolute atomic E-state index is 0. The maximum absolute atomic E-state index is 13.1. The van der Waals surface area contributed by atoms with Crippen molar-refractivity contribution in [3.63, 3.8) is 0 Å². The molecule has 0 bridgehead atoms. The second-order valence-corrected chi connectivity index (χ2v) is 6.98. The molecule has 31 heavy (non-hydrogen) atoms. The first-order valence-corrected chi connectivity index (χ1v) is 9.18. The van der Waals surface area contributed by atoms with Crippen LogP contribution in [-0.2, 0) is 6.18 Å². The number of hydrogen-bond donors (Lipinski definition) is 1. The van der Waals surface area contributed by atoms with Gasteiger partial charge in [0, 0.05) is 17.9 Å². The summed E-state index contributed by atoms with van der Waals surface area (Å²) < 4.78 is 40.0. The van der Waals surface area contributed by atoms with Gasteiger partial charge in [-0.15, -0.1) is 0 Å². The maximum atomic E-state index is 13.1. The van der Waals surface area contributed by atoms with Crippen molar-refractivity contribution in [2.24, 2.45) is 0 Å². The Bertz CT molecular complexity index is 1100. The highest BCUT2D eigenvalue weighted by Gasteiger charge is 2.36. The number of carbonyl (C=O) groups is 2. The van der Waals surface area contributed by atoms with Gasteiger partial charge in [-0.05, 0) is 43.3 Å². The maximum Gasteiger partial charge on any atom is 0.416 e. The Labute approximate surface area is 183 Å². The van der Waals surface area contributed by atoms with E-state index in [9.17, 15) is 22.8 Å². The van der Waals surface area contributed by atoms with Crippen LogP contribution in [-0.4, -0.2) is 28.1 Å². The molecule has 2 amide bonds. The molecule has 0 spiro atoms. The fourth-order valence-electron chi connectivity index (χ4n) is 3.40. The number of alkyl halides is 3. The fourth-order valence-corrected chi connectivity index (χ4v) is 3.40. The van der Waals surface area contributed by atoms with Crippen LogP contribution in [0.1, 0.15) is 39.4 Å². The molecule has 10 heteroatoms. The van der Waals surface area contributed by atoms with Gasteiger partial charge in [-0.25, -0.2) is 0 Å². The first-order chi connectivity index (χ1) is 14.3. The van der Waals surface area contributed by atoms with Gasteiger partial charge in [0.1, 0.15) is 5.69 Å². The largest absolute Gasteiger partial charge is 0.416 e. The van der Waals surface area contributed by atoms with E-state index in [0.717, 1.165) is 12.1 Å². The van der Waals surface area contributed by atoms with Crippen LogP contribution in [0.15, 0.2) is 60.8 Å². The molecule has 1 atom stereocenters. The lowest BCUT2D eigenvalue weighted by atomic mass is 10.1. The van der Waals surface area contributed by atoms with Crippen LogP contribution >= 0.6 is 13.5 Å². The Hall–Kier alpha value is -3.27. The van der Waals surface area contributed by atoms with E-state index in [2.05, 4.69) is 10.4 Å². The molecule has 0 saturated heterocycles. The van der Waals surface area contributed by atoms with Crippen LogP contribution in [0.4, 0.5) is 24.5 Å². The second-order valence-electron chi connectivity index (χ2n) is 6.98. The van der Waals surface area contributed by atoms with E-state index in [4.69, 9.17) is 0 Å². The minimum atomic E-state index is -4.46. The summed E-state index contributed by atoms with van der Waals surface area (Å²) in [5.74, 6) is -0.985. The number of aromatic nitrogens is 2. The summed E-state index contributed by atoms with van der Waals surface area (Å²) in [6.07, 6.45) is -3.13. The van der Waals surface area contributed by atoms with Crippen molar-refractivity contribution >= 4 is 36.7 Å². The number of amides is 2. The van der Waals surface area contributed by atoms with Crippen LogP contribution < -0.4 is 10.2 Å². The van der Waals surface area contributed by atoms with E-state index in [1.165, 1.54) is 27.9 Å². The van der Waals surface area contributed by atoms with Crippen molar-refractivity contribution in [2.45, 2.75) is 19.1 Å². The number of hydrogen-bond acceptors (Lipinski definition) is 3. The molecule has 6 nitrogen and oxygen atoms in total. The topological polar surface area (TPSA) is 67.2 Å². The number of halogens is 3. The van der Waals surface area contributed by atoms with E-state index in [1.54, 1.807) is 24.3 Å². The third kappa shape index (κ3) is 4.29. The van der Waals surface area contributed by atoms with Gasteiger partial charge in [0.2, 0.25) is 0 Å². The first-order valence-electron chi connectivity index (χ1n) is 9.18. The van der Waals surface area contributed by atoms with Gasteiger partial charge in [-0.1, -0.05) is 18.2 Å². The summed E-state index contributed by atoms with van der Waals surface area (Å²) in [7, 11) is 0. The molecule has 0 aliphatic carbocycles. The standard InChI is InChI=1S/C21H17F3N4O2.H2S/c1-13-12-27(16-9-7-14(8-10-16)21(22,23)24)20(30)18-17(11-25-28(13)18)19(29)26-15-5-3-2-4-6-15;/h2-11,13H,12H2,1H3,(H,26,29);1H2/t13-;/m0./s1. The van der Waals surface area contributed by atoms with Crippen molar-refractivity contribution in [1.29, 1.82) is 0 Å². The van der Waals surface area contributed by atoms with Gasteiger partial charge in [0.05, 0.1) is 23.4 Å². The summed E-state index contributed by atoms with van der Waals surface area (Å²) in [5.41, 5.74) is 0.297.